The van der Waals surface area contributed by atoms with E-state index in [2.05, 4.69) is 10.2 Å². The zero-order chi connectivity index (χ0) is 12.8. The number of aliphatic hydroxyl groups is 2. The maximum absolute atomic E-state index is 9.32. The Hall–Kier alpha value is -0.160. The second-order valence-electron chi connectivity index (χ2n) is 5.85. The van der Waals surface area contributed by atoms with E-state index in [-0.39, 0.29) is 6.61 Å². The van der Waals surface area contributed by atoms with Crippen molar-refractivity contribution in [3.8, 4) is 0 Å². The van der Waals surface area contributed by atoms with Crippen LogP contribution < -0.4 is 5.32 Å². The molecule has 0 aromatic heterocycles. The number of piperidine rings is 1. The van der Waals surface area contributed by atoms with Crippen LogP contribution in [0.5, 0.6) is 0 Å². The largest absolute Gasteiger partial charge is 0.394 e. The summed E-state index contributed by atoms with van der Waals surface area (Å²) in [5.74, 6) is 0. The van der Waals surface area contributed by atoms with Crippen molar-refractivity contribution in [2.24, 2.45) is 0 Å². The third-order valence-corrected chi connectivity index (χ3v) is 4.47. The number of aliphatic hydroxyl groups excluding tert-OH is 2. The molecular formula is C14H28N2O2. The number of likely N-dealkylation sites (tertiary alicyclic amines) is 1. The Bertz CT molecular complexity index is 224. The monoisotopic (exact) mass is 256 g/mol. The second-order valence-corrected chi connectivity index (χ2v) is 5.85. The van der Waals surface area contributed by atoms with Gasteiger partial charge in [-0.15, -0.1) is 0 Å². The van der Waals surface area contributed by atoms with Crippen LogP contribution in [-0.2, 0) is 0 Å². The van der Waals surface area contributed by atoms with E-state index in [0.717, 1.165) is 6.04 Å². The molecule has 1 atom stereocenters. The minimum absolute atomic E-state index is 0.145. The van der Waals surface area contributed by atoms with E-state index in [1.54, 1.807) is 0 Å². The van der Waals surface area contributed by atoms with Crippen LogP contribution >= 0.6 is 0 Å². The SMILES string of the molecule is OCC(O)CNC1CCN(C2CCCCC2)CC1. The summed E-state index contributed by atoms with van der Waals surface area (Å²) in [5, 5.41) is 21.5. The fourth-order valence-corrected chi connectivity index (χ4v) is 3.28. The van der Waals surface area contributed by atoms with Crippen molar-refractivity contribution < 1.29 is 10.2 Å². The molecule has 1 saturated carbocycles. The fourth-order valence-electron chi connectivity index (χ4n) is 3.28. The predicted molar refractivity (Wildman–Crippen MR) is 72.6 cm³/mol. The van der Waals surface area contributed by atoms with Gasteiger partial charge in [0.1, 0.15) is 0 Å². The van der Waals surface area contributed by atoms with E-state index in [4.69, 9.17) is 5.11 Å². The molecule has 3 N–H and O–H groups in total. The topological polar surface area (TPSA) is 55.7 Å². The maximum atomic E-state index is 9.32. The molecule has 18 heavy (non-hydrogen) atoms. The lowest BCUT2D eigenvalue weighted by Crippen LogP contribution is -2.48. The van der Waals surface area contributed by atoms with Crippen LogP contribution in [0.1, 0.15) is 44.9 Å². The van der Waals surface area contributed by atoms with Crippen molar-refractivity contribution in [1.82, 2.24) is 10.2 Å². The summed E-state index contributed by atoms with van der Waals surface area (Å²) in [7, 11) is 0. The standard InChI is InChI=1S/C14H28N2O2/c17-11-14(18)10-15-12-6-8-16(9-7-12)13-4-2-1-3-5-13/h12-15,17-18H,1-11H2. The fraction of sp³-hybridized carbons (Fsp3) is 1.00. The molecule has 1 unspecified atom stereocenters. The Labute approximate surface area is 110 Å². The Balaban J connectivity index is 1.64. The first-order valence-corrected chi connectivity index (χ1v) is 7.56. The van der Waals surface area contributed by atoms with Gasteiger partial charge >= 0.3 is 0 Å². The average molecular weight is 256 g/mol. The number of hydrogen-bond donors (Lipinski definition) is 3. The van der Waals surface area contributed by atoms with Crippen LogP contribution in [-0.4, -0.2) is 59.5 Å². The summed E-state index contributed by atoms with van der Waals surface area (Å²) >= 11 is 0. The Kier molecular flexibility index (Phi) is 5.89. The molecule has 0 radical (unpaired) electrons. The molecule has 1 aliphatic carbocycles. The third-order valence-electron chi connectivity index (χ3n) is 4.47. The summed E-state index contributed by atoms with van der Waals surface area (Å²) in [6, 6.07) is 1.36. The van der Waals surface area contributed by atoms with E-state index < -0.39 is 6.10 Å². The van der Waals surface area contributed by atoms with Crippen LogP contribution in [0.2, 0.25) is 0 Å². The zero-order valence-electron chi connectivity index (χ0n) is 11.4. The molecule has 0 amide bonds. The Morgan fingerprint density at radius 2 is 1.72 bits per heavy atom. The van der Waals surface area contributed by atoms with Crippen LogP contribution in [0.3, 0.4) is 0 Å². The first-order chi connectivity index (χ1) is 8.79. The van der Waals surface area contributed by atoms with Gasteiger partial charge in [0.15, 0.2) is 0 Å². The summed E-state index contributed by atoms with van der Waals surface area (Å²) in [4.78, 5) is 2.67. The van der Waals surface area contributed by atoms with Crippen molar-refractivity contribution in [1.29, 1.82) is 0 Å². The molecular weight excluding hydrogens is 228 g/mol. The highest BCUT2D eigenvalue weighted by Crippen LogP contribution is 2.25. The molecule has 1 heterocycles. The van der Waals surface area contributed by atoms with E-state index in [1.807, 2.05) is 0 Å². The van der Waals surface area contributed by atoms with E-state index in [1.165, 1.54) is 58.0 Å². The molecule has 4 heteroatoms. The minimum Gasteiger partial charge on any atom is -0.394 e. The first kappa shape index (κ1) is 14.3. The predicted octanol–water partition coefficient (Wildman–Crippen LogP) is 0.726. The number of nitrogens with zero attached hydrogens (tertiary/aromatic N) is 1. The normalized spacial score (nSPS) is 26.3. The quantitative estimate of drug-likeness (QED) is 0.679. The van der Waals surface area contributed by atoms with Crippen molar-refractivity contribution in [2.45, 2.75) is 63.1 Å². The Morgan fingerprint density at radius 3 is 2.33 bits per heavy atom. The van der Waals surface area contributed by atoms with Gasteiger partial charge in [-0.05, 0) is 38.8 Å². The van der Waals surface area contributed by atoms with E-state index in [0.29, 0.717) is 12.6 Å². The maximum Gasteiger partial charge on any atom is 0.0895 e. The van der Waals surface area contributed by atoms with Crippen LogP contribution in [0, 0.1) is 0 Å². The van der Waals surface area contributed by atoms with Crippen molar-refractivity contribution >= 4 is 0 Å². The van der Waals surface area contributed by atoms with Gasteiger partial charge in [-0.3, -0.25) is 0 Å². The van der Waals surface area contributed by atoms with Crippen LogP contribution in [0.4, 0.5) is 0 Å². The molecule has 0 bridgehead atoms. The van der Waals surface area contributed by atoms with E-state index in [9.17, 15) is 5.11 Å². The molecule has 4 nitrogen and oxygen atoms in total. The van der Waals surface area contributed by atoms with E-state index >= 15 is 0 Å². The molecule has 0 spiro atoms. The van der Waals surface area contributed by atoms with Gasteiger partial charge in [0, 0.05) is 18.6 Å². The molecule has 0 aromatic rings. The first-order valence-electron chi connectivity index (χ1n) is 7.56. The van der Waals surface area contributed by atoms with Gasteiger partial charge in [-0.25, -0.2) is 0 Å². The summed E-state index contributed by atoms with van der Waals surface area (Å²) in [5.41, 5.74) is 0. The number of nitrogens with one attached hydrogen (secondary N) is 1. The number of hydrogen-bond acceptors (Lipinski definition) is 4. The van der Waals surface area contributed by atoms with Gasteiger partial charge in [0.25, 0.3) is 0 Å². The van der Waals surface area contributed by atoms with Crippen LogP contribution in [0.15, 0.2) is 0 Å². The zero-order valence-corrected chi connectivity index (χ0v) is 11.4. The van der Waals surface area contributed by atoms with Crippen molar-refractivity contribution in [2.75, 3.05) is 26.2 Å². The molecule has 0 aromatic carbocycles. The highest BCUT2D eigenvalue weighted by Gasteiger charge is 2.25. The Morgan fingerprint density at radius 1 is 1.06 bits per heavy atom. The van der Waals surface area contributed by atoms with Gasteiger partial charge in [0.2, 0.25) is 0 Å². The average Bonchev–Trinajstić information content (AvgIpc) is 2.46. The van der Waals surface area contributed by atoms with Crippen molar-refractivity contribution in [3.05, 3.63) is 0 Å². The molecule has 1 aliphatic heterocycles. The van der Waals surface area contributed by atoms with Gasteiger partial charge in [0.05, 0.1) is 12.7 Å². The third kappa shape index (κ3) is 4.19. The lowest BCUT2D eigenvalue weighted by atomic mass is 9.92. The lowest BCUT2D eigenvalue weighted by Gasteiger charge is -2.39. The van der Waals surface area contributed by atoms with Crippen LogP contribution in [0.25, 0.3) is 0 Å². The van der Waals surface area contributed by atoms with Gasteiger partial charge in [-0.2, -0.15) is 0 Å². The number of rotatable bonds is 5. The summed E-state index contributed by atoms with van der Waals surface area (Å²) < 4.78 is 0. The van der Waals surface area contributed by atoms with Gasteiger partial charge in [-0.1, -0.05) is 19.3 Å². The minimum atomic E-state index is -0.610. The molecule has 1 saturated heterocycles. The van der Waals surface area contributed by atoms with Crippen molar-refractivity contribution in [3.63, 3.8) is 0 Å². The lowest BCUT2D eigenvalue weighted by molar-refractivity contribution is 0.0812. The second kappa shape index (κ2) is 7.43. The smallest absolute Gasteiger partial charge is 0.0895 e. The highest BCUT2D eigenvalue weighted by molar-refractivity contribution is 4.83. The molecule has 2 rings (SSSR count). The molecule has 106 valence electrons. The summed E-state index contributed by atoms with van der Waals surface area (Å²) in [6.07, 6.45) is 8.76. The highest BCUT2D eigenvalue weighted by atomic mass is 16.3. The van der Waals surface area contributed by atoms with Gasteiger partial charge < -0.3 is 20.4 Å². The molecule has 2 fully saturated rings. The molecule has 2 aliphatic rings. The summed E-state index contributed by atoms with van der Waals surface area (Å²) in [6.45, 7) is 2.76.